The lowest BCUT2D eigenvalue weighted by atomic mass is 9.45. The van der Waals surface area contributed by atoms with Crippen LogP contribution in [0.4, 0.5) is 0 Å². The van der Waals surface area contributed by atoms with Crippen LogP contribution in [0.15, 0.2) is 11.6 Å². The second-order valence-electron chi connectivity index (χ2n) is 16.2. The van der Waals surface area contributed by atoms with Crippen molar-refractivity contribution >= 4 is 0 Å². The molecule has 3 fully saturated rings. The number of aliphatic hydroxyl groups excluding tert-OH is 1. The molecule has 43 heavy (non-hydrogen) atoms. The molecule has 9 atom stereocenters. The number of nitrogens with one attached hydrogen (secondary N) is 3. The molecule has 6 nitrogen and oxygen atoms in total. The Labute approximate surface area is 265 Å². The van der Waals surface area contributed by atoms with E-state index in [1.54, 1.807) is 5.57 Å². The Hall–Kier alpha value is -0.500. The third kappa shape index (κ3) is 7.91. The molecule has 6 heteroatoms. The van der Waals surface area contributed by atoms with Crippen molar-refractivity contribution in [2.75, 3.05) is 39.3 Å². The number of rotatable bonds is 18. The molecule has 0 spiro atoms. The minimum absolute atomic E-state index is 0.0804. The van der Waals surface area contributed by atoms with Gasteiger partial charge in [-0.3, -0.25) is 0 Å². The van der Waals surface area contributed by atoms with Crippen LogP contribution in [0.5, 0.6) is 0 Å². The van der Waals surface area contributed by atoms with Crippen molar-refractivity contribution in [1.82, 2.24) is 16.0 Å². The lowest BCUT2D eigenvalue weighted by Crippen LogP contribution is -2.68. The first-order valence-electron chi connectivity index (χ1n) is 18.5. The number of hydrogen-bond donors (Lipinski definition) is 6. The zero-order chi connectivity index (χ0) is 31.1. The zero-order valence-corrected chi connectivity index (χ0v) is 28.7. The summed E-state index contributed by atoms with van der Waals surface area (Å²) in [4.78, 5) is 0. The third-order valence-corrected chi connectivity index (χ3v) is 12.9. The Kier molecular flexibility index (Phi) is 13.0. The van der Waals surface area contributed by atoms with Crippen LogP contribution >= 0.6 is 0 Å². The third-order valence-electron chi connectivity index (χ3n) is 12.9. The van der Waals surface area contributed by atoms with Crippen LogP contribution < -0.4 is 21.7 Å². The minimum atomic E-state index is -0.890. The number of allylic oxidation sites excluding steroid dienone is 1. The van der Waals surface area contributed by atoms with Crippen molar-refractivity contribution < 1.29 is 10.2 Å². The van der Waals surface area contributed by atoms with Crippen LogP contribution in [0, 0.1) is 40.4 Å². The van der Waals surface area contributed by atoms with Gasteiger partial charge in [0.05, 0.1) is 17.7 Å². The van der Waals surface area contributed by atoms with Crippen molar-refractivity contribution in [1.29, 1.82) is 0 Å². The summed E-state index contributed by atoms with van der Waals surface area (Å²) < 4.78 is 0. The van der Waals surface area contributed by atoms with Gasteiger partial charge in [0.25, 0.3) is 0 Å². The van der Waals surface area contributed by atoms with E-state index < -0.39 is 11.7 Å². The van der Waals surface area contributed by atoms with Gasteiger partial charge in [0.15, 0.2) is 0 Å². The van der Waals surface area contributed by atoms with E-state index in [2.05, 4.69) is 56.6 Å². The largest absolute Gasteiger partial charge is 0.393 e. The van der Waals surface area contributed by atoms with E-state index in [0.717, 1.165) is 82.7 Å². The smallest absolute Gasteiger partial charge is 0.0919 e. The number of unbranched alkanes of at least 4 members (excludes halogenated alkanes) is 1. The fraction of sp³-hybridized carbons (Fsp3) is 0.946. The van der Waals surface area contributed by atoms with Gasteiger partial charge in [0.1, 0.15) is 0 Å². The van der Waals surface area contributed by atoms with Crippen LogP contribution in [0.1, 0.15) is 125 Å². The fourth-order valence-corrected chi connectivity index (χ4v) is 10.3. The Morgan fingerprint density at radius 3 is 2.23 bits per heavy atom. The Balaban J connectivity index is 1.38. The first-order chi connectivity index (χ1) is 20.6. The van der Waals surface area contributed by atoms with Crippen LogP contribution in [0.3, 0.4) is 0 Å². The van der Waals surface area contributed by atoms with E-state index in [4.69, 9.17) is 5.73 Å². The van der Waals surface area contributed by atoms with Gasteiger partial charge in [-0.1, -0.05) is 65.5 Å². The highest BCUT2D eigenvalue weighted by Crippen LogP contribution is 2.67. The van der Waals surface area contributed by atoms with E-state index in [1.807, 2.05) is 0 Å². The predicted molar refractivity (Wildman–Crippen MR) is 181 cm³/mol. The highest BCUT2D eigenvalue weighted by Gasteiger charge is 2.64. The summed E-state index contributed by atoms with van der Waals surface area (Å²) in [6.07, 6.45) is 18.1. The highest BCUT2D eigenvalue weighted by atomic mass is 16.3. The molecule has 0 aromatic carbocycles. The van der Waals surface area contributed by atoms with Crippen molar-refractivity contribution in [3.8, 4) is 0 Å². The zero-order valence-electron chi connectivity index (χ0n) is 28.7. The monoisotopic (exact) mass is 603 g/mol. The summed E-state index contributed by atoms with van der Waals surface area (Å²) in [6, 6.07) is -0.0804. The summed E-state index contributed by atoms with van der Waals surface area (Å²) in [5.74, 6) is 3.50. The van der Waals surface area contributed by atoms with E-state index in [9.17, 15) is 10.2 Å². The molecular formula is C37H70N4O2. The molecule has 0 amide bonds. The number of aliphatic hydroxyl groups is 2. The molecule has 4 rings (SSSR count). The quantitative estimate of drug-likeness (QED) is 0.0880. The summed E-state index contributed by atoms with van der Waals surface area (Å²) in [6.45, 7) is 18.0. The van der Waals surface area contributed by atoms with Gasteiger partial charge in [0, 0.05) is 11.8 Å². The average molecular weight is 603 g/mol. The van der Waals surface area contributed by atoms with Crippen LogP contribution in [0.2, 0.25) is 0 Å². The Morgan fingerprint density at radius 2 is 1.53 bits per heavy atom. The van der Waals surface area contributed by atoms with Gasteiger partial charge in [0.2, 0.25) is 0 Å². The maximum absolute atomic E-state index is 12.5. The van der Waals surface area contributed by atoms with E-state index >= 15 is 0 Å². The molecule has 0 radical (unpaired) electrons. The van der Waals surface area contributed by atoms with Crippen LogP contribution in [-0.2, 0) is 0 Å². The number of fused-ring (bicyclic) bond motifs is 5. The topological polar surface area (TPSA) is 103 Å². The molecule has 4 aliphatic carbocycles. The summed E-state index contributed by atoms with van der Waals surface area (Å²) >= 11 is 0. The normalized spacial score (nSPS) is 38.0. The van der Waals surface area contributed by atoms with Gasteiger partial charge in [-0.25, -0.2) is 0 Å². The average Bonchev–Trinajstić information content (AvgIpc) is 3.32. The van der Waals surface area contributed by atoms with Crippen molar-refractivity contribution in [2.45, 2.75) is 142 Å². The van der Waals surface area contributed by atoms with E-state index in [0.29, 0.717) is 23.7 Å². The van der Waals surface area contributed by atoms with Crippen molar-refractivity contribution in [3.63, 3.8) is 0 Å². The van der Waals surface area contributed by atoms with E-state index in [-0.39, 0.29) is 11.5 Å². The van der Waals surface area contributed by atoms with Gasteiger partial charge < -0.3 is 31.9 Å². The molecule has 0 saturated heterocycles. The van der Waals surface area contributed by atoms with Gasteiger partial charge in [-0.05, 0) is 138 Å². The van der Waals surface area contributed by atoms with Crippen molar-refractivity contribution in [3.05, 3.63) is 11.6 Å². The molecule has 7 N–H and O–H groups in total. The maximum Gasteiger partial charge on any atom is 0.0919 e. The predicted octanol–water partition coefficient (Wildman–Crippen LogP) is 5.77. The summed E-state index contributed by atoms with van der Waals surface area (Å²) in [5.41, 5.74) is 6.55. The molecule has 3 saturated carbocycles. The minimum Gasteiger partial charge on any atom is -0.393 e. The second kappa shape index (κ2) is 15.9. The molecule has 250 valence electrons. The van der Waals surface area contributed by atoms with Crippen molar-refractivity contribution in [2.24, 2.45) is 46.2 Å². The Bertz CT molecular complexity index is 881. The van der Waals surface area contributed by atoms with E-state index in [1.165, 1.54) is 57.8 Å². The lowest BCUT2D eigenvalue weighted by molar-refractivity contribution is -0.181. The van der Waals surface area contributed by atoms with Crippen LogP contribution in [0.25, 0.3) is 0 Å². The summed E-state index contributed by atoms with van der Waals surface area (Å²) in [5, 5.41) is 34.2. The molecule has 4 aliphatic rings. The molecule has 0 aromatic heterocycles. The SMILES string of the molecule is CC(C)CCC[C@@H](C)[C@H]1CC[C@H]2C3=C[C@@H](NCCCNCCCCNCCCN)[C@@]4(O)C[C@@H](O)CC[C@]4(C)[C@H]3CC[C@]12C. The molecule has 0 aromatic rings. The molecule has 0 bridgehead atoms. The van der Waals surface area contributed by atoms with Crippen LogP contribution in [-0.4, -0.2) is 67.2 Å². The molecule has 0 aliphatic heterocycles. The second-order valence-corrected chi connectivity index (χ2v) is 16.2. The van der Waals surface area contributed by atoms with Gasteiger partial charge in [-0.2, -0.15) is 0 Å². The fourth-order valence-electron chi connectivity index (χ4n) is 10.3. The first kappa shape index (κ1) is 35.4. The van der Waals surface area contributed by atoms with Gasteiger partial charge >= 0.3 is 0 Å². The summed E-state index contributed by atoms with van der Waals surface area (Å²) in [7, 11) is 0. The van der Waals surface area contributed by atoms with Gasteiger partial charge in [-0.15, -0.1) is 0 Å². The Morgan fingerprint density at radius 1 is 0.837 bits per heavy atom. The highest BCUT2D eigenvalue weighted by molar-refractivity contribution is 5.34. The molecule has 0 unspecified atom stereocenters. The number of nitrogens with two attached hydrogens (primary N) is 1. The lowest BCUT2D eigenvalue weighted by Gasteiger charge is -2.63. The molecular weight excluding hydrogens is 532 g/mol. The first-order valence-corrected chi connectivity index (χ1v) is 18.5. The number of hydrogen-bond acceptors (Lipinski definition) is 6. The standard InChI is InChI=1S/C37H70N4O2/c1-27(2)11-8-12-28(3)31-13-14-32-30-25-34(41-24-10-23-40-21-7-6-20-39-22-9-19-38)37(43)26-29(42)15-18-36(37,5)33(30)16-17-35(31,32)4/h25,27-29,31-34,39-43H,6-24,26,38H2,1-5H3/t28-,29+,31-,32+,33+,34-,35-,36-,37+/m1/s1. The molecule has 0 heterocycles. The maximum atomic E-state index is 12.5.